The maximum absolute atomic E-state index is 12.2. The van der Waals surface area contributed by atoms with Gasteiger partial charge in [0.2, 0.25) is 12.2 Å². The number of aromatic hydroxyl groups is 1. The number of hydrogen-bond acceptors (Lipinski definition) is 8. The molecule has 0 saturated carbocycles. The van der Waals surface area contributed by atoms with E-state index in [0.29, 0.717) is 0 Å². The molecule has 1 aromatic heterocycles. The first kappa shape index (κ1) is 23.1. The standard InChI is InChI=1S/C15H15N3O6.C3H7NO/c1-17-12(16)11(13(21)18(2)15(17)23)10(20)7-24-14(22)8-5-3-4-6-9(8)19;1-4(2)3-5/h3-6,19H,7,16H2,1-2H3;3H,1-2H3. The highest BCUT2D eigenvalue weighted by atomic mass is 16.5. The third-order valence-electron chi connectivity index (χ3n) is 3.66. The zero-order valence-electron chi connectivity index (χ0n) is 16.4. The van der Waals surface area contributed by atoms with Gasteiger partial charge in [-0.25, -0.2) is 9.59 Å². The SMILES string of the molecule is CN(C)C=O.Cn1c(N)c(C(=O)COC(=O)c2ccccc2O)c(=O)n(C)c1=O. The zero-order valence-corrected chi connectivity index (χ0v) is 16.4. The quantitative estimate of drug-likeness (QED) is 0.368. The van der Waals surface area contributed by atoms with Crippen LogP contribution in [0.5, 0.6) is 5.75 Å². The molecule has 0 aliphatic heterocycles. The summed E-state index contributed by atoms with van der Waals surface area (Å²) in [6, 6.07) is 5.64. The number of ether oxygens (including phenoxy) is 1. The smallest absolute Gasteiger partial charge is 0.342 e. The molecule has 3 N–H and O–H groups in total. The number of carbonyl (C=O) groups excluding carboxylic acids is 3. The number of nitrogens with zero attached hydrogens (tertiary/aromatic N) is 3. The van der Waals surface area contributed by atoms with Gasteiger partial charge in [-0.05, 0) is 12.1 Å². The van der Waals surface area contributed by atoms with Gasteiger partial charge in [0, 0.05) is 28.2 Å². The highest BCUT2D eigenvalue weighted by Gasteiger charge is 2.22. The van der Waals surface area contributed by atoms with Crippen molar-refractivity contribution in [3.63, 3.8) is 0 Å². The van der Waals surface area contributed by atoms with E-state index in [0.717, 1.165) is 15.5 Å². The molecule has 0 unspecified atom stereocenters. The number of phenolic OH excluding ortho intramolecular Hbond substituents is 1. The Kier molecular flexibility index (Phi) is 7.88. The number of esters is 1. The van der Waals surface area contributed by atoms with Crippen LogP contribution in [-0.2, 0) is 23.6 Å². The van der Waals surface area contributed by atoms with E-state index in [1.54, 1.807) is 14.1 Å². The summed E-state index contributed by atoms with van der Waals surface area (Å²) >= 11 is 0. The number of carbonyl (C=O) groups is 3. The Labute approximate surface area is 165 Å². The summed E-state index contributed by atoms with van der Waals surface area (Å²) in [6.07, 6.45) is 0.750. The molecule has 1 heterocycles. The van der Waals surface area contributed by atoms with Crippen LogP contribution in [0, 0.1) is 0 Å². The molecule has 0 saturated heterocycles. The van der Waals surface area contributed by atoms with Crippen molar-refractivity contribution >= 4 is 24.0 Å². The summed E-state index contributed by atoms with van der Waals surface area (Å²) < 4.78 is 6.48. The maximum atomic E-state index is 12.2. The van der Waals surface area contributed by atoms with E-state index in [9.17, 15) is 29.1 Å². The molecule has 11 nitrogen and oxygen atoms in total. The van der Waals surface area contributed by atoms with Gasteiger partial charge in [-0.15, -0.1) is 0 Å². The molecular formula is C18H22N4O7. The second kappa shape index (κ2) is 9.88. The van der Waals surface area contributed by atoms with Crippen molar-refractivity contribution in [2.75, 3.05) is 26.4 Å². The number of ketones is 1. The summed E-state index contributed by atoms with van der Waals surface area (Å²) in [6.45, 7) is -0.759. The van der Waals surface area contributed by atoms with Gasteiger partial charge in [0.15, 0.2) is 6.61 Å². The Morgan fingerprint density at radius 2 is 1.72 bits per heavy atom. The fourth-order valence-corrected chi connectivity index (χ4v) is 2.05. The Hall–Kier alpha value is -3.89. The number of phenols is 1. The number of nitrogens with two attached hydrogens (primary N) is 1. The van der Waals surface area contributed by atoms with Crippen LogP contribution in [0.15, 0.2) is 33.9 Å². The predicted molar refractivity (Wildman–Crippen MR) is 104 cm³/mol. The van der Waals surface area contributed by atoms with E-state index >= 15 is 0 Å². The van der Waals surface area contributed by atoms with Crippen LogP contribution in [0.4, 0.5) is 5.82 Å². The van der Waals surface area contributed by atoms with Crippen molar-refractivity contribution in [3.8, 4) is 5.75 Å². The first-order valence-electron chi connectivity index (χ1n) is 8.18. The minimum atomic E-state index is -0.929. The monoisotopic (exact) mass is 406 g/mol. The lowest BCUT2D eigenvalue weighted by molar-refractivity contribution is -0.115. The van der Waals surface area contributed by atoms with Gasteiger partial charge in [-0.3, -0.25) is 23.5 Å². The highest BCUT2D eigenvalue weighted by Crippen LogP contribution is 2.16. The summed E-state index contributed by atoms with van der Waals surface area (Å²) in [5.74, 6) is -2.40. The largest absolute Gasteiger partial charge is 0.507 e. The topological polar surface area (TPSA) is 154 Å². The van der Waals surface area contributed by atoms with Crippen LogP contribution < -0.4 is 17.0 Å². The Morgan fingerprint density at radius 1 is 1.17 bits per heavy atom. The van der Waals surface area contributed by atoms with Crippen LogP contribution in [0.1, 0.15) is 20.7 Å². The number of anilines is 1. The fourth-order valence-electron chi connectivity index (χ4n) is 2.05. The van der Waals surface area contributed by atoms with Crippen LogP contribution >= 0.6 is 0 Å². The third-order valence-corrected chi connectivity index (χ3v) is 3.66. The molecule has 0 atom stereocenters. The third kappa shape index (κ3) is 5.54. The van der Waals surface area contributed by atoms with Crippen LogP contribution in [-0.4, -0.2) is 58.0 Å². The van der Waals surface area contributed by atoms with Crippen LogP contribution in [0.2, 0.25) is 0 Å². The van der Waals surface area contributed by atoms with Crippen molar-refractivity contribution < 1.29 is 24.2 Å². The highest BCUT2D eigenvalue weighted by molar-refractivity contribution is 6.02. The average Bonchev–Trinajstić information content (AvgIpc) is 2.69. The van der Waals surface area contributed by atoms with E-state index in [1.165, 1.54) is 43.3 Å². The van der Waals surface area contributed by atoms with E-state index in [2.05, 4.69) is 0 Å². The summed E-state index contributed by atoms with van der Waals surface area (Å²) in [4.78, 5) is 58.6. The van der Waals surface area contributed by atoms with Gasteiger partial charge in [-0.1, -0.05) is 12.1 Å². The molecule has 156 valence electrons. The number of hydrogen-bond donors (Lipinski definition) is 2. The number of benzene rings is 1. The second-order valence-electron chi connectivity index (χ2n) is 6.05. The van der Waals surface area contributed by atoms with E-state index < -0.39 is 35.2 Å². The normalized spacial score (nSPS) is 9.79. The first-order chi connectivity index (χ1) is 13.5. The van der Waals surface area contributed by atoms with Crippen molar-refractivity contribution in [1.29, 1.82) is 0 Å². The second-order valence-corrected chi connectivity index (χ2v) is 6.05. The summed E-state index contributed by atoms with van der Waals surface area (Å²) in [7, 11) is 5.89. The zero-order chi connectivity index (χ0) is 22.3. The molecular weight excluding hydrogens is 384 g/mol. The Balaban J connectivity index is 0.000000749. The summed E-state index contributed by atoms with van der Waals surface area (Å²) in [5.41, 5.74) is 3.53. The van der Waals surface area contributed by atoms with E-state index in [1.807, 2.05) is 0 Å². The molecule has 2 aromatic rings. The Bertz CT molecular complexity index is 1040. The molecule has 0 bridgehead atoms. The van der Waals surface area contributed by atoms with Gasteiger partial charge in [-0.2, -0.15) is 0 Å². The maximum Gasteiger partial charge on any atom is 0.342 e. The Morgan fingerprint density at radius 3 is 2.24 bits per heavy atom. The minimum absolute atomic E-state index is 0.119. The molecule has 0 fully saturated rings. The minimum Gasteiger partial charge on any atom is -0.507 e. The van der Waals surface area contributed by atoms with Gasteiger partial charge in [0.25, 0.3) is 5.56 Å². The molecule has 11 heteroatoms. The molecule has 1 amide bonds. The molecule has 0 aliphatic rings. The summed E-state index contributed by atoms with van der Waals surface area (Å²) in [5, 5.41) is 9.56. The molecule has 0 aliphatic carbocycles. The van der Waals surface area contributed by atoms with E-state index in [-0.39, 0.29) is 17.1 Å². The van der Waals surface area contributed by atoms with E-state index in [4.69, 9.17) is 10.5 Å². The van der Waals surface area contributed by atoms with Crippen molar-refractivity contribution in [1.82, 2.24) is 14.0 Å². The van der Waals surface area contributed by atoms with Crippen LogP contribution in [0.25, 0.3) is 0 Å². The van der Waals surface area contributed by atoms with Crippen LogP contribution in [0.3, 0.4) is 0 Å². The molecule has 2 rings (SSSR count). The van der Waals surface area contributed by atoms with Gasteiger partial charge >= 0.3 is 11.7 Å². The molecule has 0 spiro atoms. The lowest BCUT2D eigenvalue weighted by Gasteiger charge is -2.11. The number of para-hydroxylation sites is 1. The predicted octanol–water partition coefficient (Wildman–Crippen LogP) is -0.884. The number of nitrogen functional groups attached to an aromatic ring is 1. The van der Waals surface area contributed by atoms with Crippen molar-refractivity contribution in [2.45, 2.75) is 0 Å². The lowest BCUT2D eigenvalue weighted by Crippen LogP contribution is -2.42. The van der Waals surface area contributed by atoms with Crippen molar-refractivity contribution in [2.24, 2.45) is 14.1 Å². The first-order valence-corrected chi connectivity index (χ1v) is 8.18. The molecule has 29 heavy (non-hydrogen) atoms. The number of amides is 1. The number of aromatic nitrogens is 2. The average molecular weight is 406 g/mol. The fraction of sp³-hybridized carbons (Fsp3) is 0.278. The molecule has 1 aromatic carbocycles. The van der Waals surface area contributed by atoms with Crippen molar-refractivity contribution in [3.05, 3.63) is 56.2 Å². The number of rotatable bonds is 5. The number of Topliss-reactive ketones (excluding diaryl/α,β-unsaturated/α-hetero) is 1. The molecule has 0 radical (unpaired) electrons. The van der Waals surface area contributed by atoms with Gasteiger partial charge in [0.05, 0.1) is 0 Å². The van der Waals surface area contributed by atoms with Gasteiger partial charge < -0.3 is 20.5 Å². The lowest BCUT2D eigenvalue weighted by atomic mass is 10.2. The van der Waals surface area contributed by atoms with Gasteiger partial charge in [0.1, 0.15) is 22.7 Å².